The minimum Gasteiger partial charge on any atom is -0.493 e. The molecule has 2 aliphatic rings. The van der Waals surface area contributed by atoms with Gasteiger partial charge in [-0.1, -0.05) is 30.3 Å². The summed E-state index contributed by atoms with van der Waals surface area (Å²) in [6, 6.07) is 21.0. The molecule has 0 aliphatic carbocycles. The summed E-state index contributed by atoms with van der Waals surface area (Å²) in [4.78, 5) is 60.1. The number of pyridine rings is 1. The molecule has 2 fully saturated rings. The number of benzene rings is 2. The number of nitrogens with zero attached hydrogens (tertiary/aromatic N) is 7. The second-order valence-corrected chi connectivity index (χ2v) is 16.0. The summed E-state index contributed by atoms with van der Waals surface area (Å²) < 4.78 is 14.1. The van der Waals surface area contributed by atoms with Gasteiger partial charge in [-0.15, -0.1) is 11.3 Å². The molecule has 8 rings (SSSR count). The Morgan fingerprint density at radius 1 is 0.930 bits per heavy atom. The zero-order chi connectivity index (χ0) is 39.8. The molecule has 0 spiro atoms. The van der Waals surface area contributed by atoms with Crippen molar-refractivity contribution in [2.24, 2.45) is 5.92 Å². The molecule has 0 radical (unpaired) electrons. The number of hydrogen-bond acceptors (Lipinski definition) is 10. The van der Waals surface area contributed by atoms with Crippen molar-refractivity contribution in [2.45, 2.75) is 51.2 Å². The van der Waals surface area contributed by atoms with Crippen molar-refractivity contribution in [3.8, 4) is 27.8 Å². The Hall–Kier alpha value is -5.86. The van der Waals surface area contributed by atoms with E-state index < -0.39 is 5.60 Å². The first kappa shape index (κ1) is 38.0. The molecule has 57 heavy (non-hydrogen) atoms. The third kappa shape index (κ3) is 7.42. The summed E-state index contributed by atoms with van der Waals surface area (Å²) in [7, 11) is 3.14. The molecule has 0 saturated carbocycles. The van der Waals surface area contributed by atoms with Crippen LogP contribution in [-0.4, -0.2) is 96.8 Å². The minimum absolute atomic E-state index is 0.0258. The van der Waals surface area contributed by atoms with E-state index in [1.54, 1.807) is 38.7 Å². The average Bonchev–Trinajstić information content (AvgIpc) is 3.86. The van der Waals surface area contributed by atoms with Gasteiger partial charge in [0.15, 0.2) is 17.1 Å². The molecular formula is C43H45N7O6S. The molecule has 0 unspecified atom stereocenters. The predicted octanol–water partition coefficient (Wildman–Crippen LogP) is 5.64. The van der Waals surface area contributed by atoms with Gasteiger partial charge >= 0.3 is 0 Å². The standard InChI is InChI=1S/C43H45N7O6S/c1-27-10-11-30(23-44-27)39-46-28(2)37(57-39)42(53)48-18-14-32(34(24-48)29-8-6-5-7-9-29)40(51)47-20-16-43(54,17-21-47)25-49-26-45-38-33(41(49)52)15-19-50(38)31-12-13-35(55-3)36(22-31)56-4/h5-13,15,19,22-23,26,32,34,54H,14,16-18,20-21,24-25H2,1-4H3/t32-,34+/m1/s1. The van der Waals surface area contributed by atoms with E-state index in [4.69, 9.17) is 14.5 Å². The van der Waals surface area contributed by atoms with E-state index in [2.05, 4.69) is 9.97 Å². The summed E-state index contributed by atoms with van der Waals surface area (Å²) >= 11 is 1.38. The van der Waals surface area contributed by atoms with Crippen molar-refractivity contribution in [3.63, 3.8) is 0 Å². The third-order valence-corrected chi connectivity index (χ3v) is 12.6. The van der Waals surface area contributed by atoms with Crippen molar-refractivity contribution in [3.05, 3.63) is 118 Å². The van der Waals surface area contributed by atoms with Crippen molar-refractivity contribution < 1.29 is 24.2 Å². The number of aromatic nitrogens is 5. The molecule has 2 amide bonds. The molecular weight excluding hydrogens is 743 g/mol. The monoisotopic (exact) mass is 787 g/mol. The maximum Gasteiger partial charge on any atom is 0.265 e. The van der Waals surface area contributed by atoms with E-state index in [0.717, 1.165) is 27.5 Å². The van der Waals surface area contributed by atoms with E-state index in [9.17, 15) is 19.5 Å². The number of carbonyl (C=O) groups excluding carboxylic acids is 2. The average molecular weight is 788 g/mol. The molecule has 2 aliphatic heterocycles. The highest BCUT2D eigenvalue weighted by molar-refractivity contribution is 7.17. The highest BCUT2D eigenvalue weighted by Gasteiger charge is 2.42. The maximum atomic E-state index is 14.3. The molecule has 4 aromatic heterocycles. The quantitative estimate of drug-likeness (QED) is 0.197. The summed E-state index contributed by atoms with van der Waals surface area (Å²) in [6.07, 6.45) is 6.18. The largest absolute Gasteiger partial charge is 0.493 e. The van der Waals surface area contributed by atoms with Crippen LogP contribution in [0.5, 0.6) is 11.5 Å². The molecule has 13 nitrogen and oxygen atoms in total. The molecule has 294 valence electrons. The lowest BCUT2D eigenvalue weighted by molar-refractivity contribution is -0.142. The second kappa shape index (κ2) is 15.6. The summed E-state index contributed by atoms with van der Waals surface area (Å²) in [5, 5.41) is 12.9. The van der Waals surface area contributed by atoms with Gasteiger partial charge in [0.05, 0.1) is 43.1 Å². The van der Waals surface area contributed by atoms with E-state index >= 15 is 0 Å². The Morgan fingerprint density at radius 3 is 2.42 bits per heavy atom. The van der Waals surface area contributed by atoms with Crippen LogP contribution in [0.3, 0.4) is 0 Å². The fourth-order valence-electron chi connectivity index (χ4n) is 8.13. The fraction of sp³-hybridized carbons (Fsp3) is 0.349. The Bertz CT molecular complexity index is 2490. The lowest BCUT2D eigenvalue weighted by Crippen LogP contribution is -2.53. The van der Waals surface area contributed by atoms with Crippen LogP contribution in [0.4, 0.5) is 0 Å². The van der Waals surface area contributed by atoms with Crippen molar-refractivity contribution >= 4 is 34.2 Å². The number of piperidine rings is 2. The van der Waals surface area contributed by atoms with Gasteiger partial charge in [-0.25, -0.2) is 9.97 Å². The zero-order valence-electron chi connectivity index (χ0n) is 32.4. The van der Waals surface area contributed by atoms with Crippen LogP contribution in [0.1, 0.15) is 51.8 Å². The number of aliphatic hydroxyl groups is 1. The van der Waals surface area contributed by atoms with Crippen molar-refractivity contribution in [1.29, 1.82) is 0 Å². The van der Waals surface area contributed by atoms with Gasteiger partial charge in [0.25, 0.3) is 11.5 Å². The zero-order valence-corrected chi connectivity index (χ0v) is 33.2. The molecule has 6 aromatic rings. The molecule has 1 N–H and O–H groups in total. The van der Waals surface area contributed by atoms with Gasteiger partial charge in [0, 0.05) is 67.7 Å². The second-order valence-electron chi connectivity index (χ2n) is 15.0. The molecule has 2 aromatic carbocycles. The van der Waals surface area contributed by atoms with Crippen LogP contribution in [0.15, 0.2) is 90.2 Å². The number of hydrogen-bond donors (Lipinski definition) is 1. The first-order valence-corrected chi connectivity index (χ1v) is 19.9. The van der Waals surface area contributed by atoms with Gasteiger partial charge in [-0.3, -0.25) is 23.9 Å². The number of thiazole rings is 1. The van der Waals surface area contributed by atoms with Gasteiger partial charge in [0.1, 0.15) is 16.2 Å². The predicted molar refractivity (Wildman–Crippen MR) is 217 cm³/mol. The molecule has 2 atom stereocenters. The normalized spacial score (nSPS) is 18.1. The van der Waals surface area contributed by atoms with Crippen LogP contribution < -0.4 is 15.0 Å². The maximum absolute atomic E-state index is 14.3. The van der Waals surface area contributed by atoms with Crippen LogP contribution in [0.2, 0.25) is 0 Å². The van der Waals surface area contributed by atoms with Gasteiger partial charge in [-0.05, 0) is 69.0 Å². The van der Waals surface area contributed by atoms with E-state index in [-0.39, 0.29) is 35.8 Å². The van der Waals surface area contributed by atoms with Gasteiger partial charge < -0.3 is 28.9 Å². The highest BCUT2D eigenvalue weighted by atomic mass is 32.1. The Kier molecular flexibility index (Phi) is 10.4. The van der Waals surface area contributed by atoms with Gasteiger partial charge in [0.2, 0.25) is 5.91 Å². The molecule has 6 heterocycles. The van der Waals surface area contributed by atoms with Crippen LogP contribution in [0, 0.1) is 19.8 Å². The fourth-order valence-corrected chi connectivity index (χ4v) is 9.15. The number of rotatable bonds is 9. The van der Waals surface area contributed by atoms with E-state index in [1.807, 2.05) is 82.8 Å². The number of likely N-dealkylation sites (tertiary alicyclic amines) is 2. The molecule has 14 heteroatoms. The number of carbonyl (C=O) groups is 2. The highest BCUT2D eigenvalue weighted by Crippen LogP contribution is 2.38. The van der Waals surface area contributed by atoms with E-state index in [1.165, 1.54) is 22.2 Å². The smallest absolute Gasteiger partial charge is 0.265 e. The first-order valence-electron chi connectivity index (χ1n) is 19.1. The summed E-state index contributed by atoms with van der Waals surface area (Å²) in [5.74, 6) is 0.569. The van der Waals surface area contributed by atoms with Crippen LogP contribution >= 0.6 is 11.3 Å². The number of amides is 2. The Labute approximate surface area is 334 Å². The topological polar surface area (TPSA) is 145 Å². The van der Waals surface area contributed by atoms with Crippen LogP contribution in [-0.2, 0) is 11.3 Å². The summed E-state index contributed by atoms with van der Waals surface area (Å²) in [5.41, 5.74) is 3.28. The lowest BCUT2D eigenvalue weighted by atomic mass is 9.79. The molecule has 2 saturated heterocycles. The number of fused-ring (bicyclic) bond motifs is 1. The minimum atomic E-state index is -1.20. The third-order valence-electron chi connectivity index (χ3n) is 11.4. The van der Waals surface area contributed by atoms with Gasteiger partial charge in [-0.2, -0.15) is 0 Å². The summed E-state index contributed by atoms with van der Waals surface area (Å²) in [6.45, 7) is 5.41. The van der Waals surface area contributed by atoms with Crippen LogP contribution in [0.25, 0.3) is 27.3 Å². The SMILES string of the molecule is COc1ccc(-n2ccc3c(=O)n(CC4(O)CCN(C(=O)[C@@H]5CCN(C(=O)c6sc(-c7ccc(C)nc7)nc6C)C[C@H]5c5ccccc5)CC4)cnc32)cc1OC. The Morgan fingerprint density at radius 2 is 1.70 bits per heavy atom. The van der Waals surface area contributed by atoms with Crippen molar-refractivity contribution in [1.82, 2.24) is 33.9 Å². The van der Waals surface area contributed by atoms with Crippen molar-refractivity contribution in [2.75, 3.05) is 40.4 Å². The first-order chi connectivity index (χ1) is 27.6. The number of ether oxygens (including phenoxy) is 2. The van der Waals surface area contributed by atoms with E-state index in [0.29, 0.717) is 78.5 Å². The number of methoxy groups -OCH3 is 2. The Balaban J connectivity index is 0.948. The lowest BCUT2D eigenvalue weighted by Gasteiger charge is -2.43. The molecule has 0 bridgehead atoms. The number of aryl methyl sites for hydroxylation is 2.